The zero-order valence-electron chi connectivity index (χ0n) is 16.3. The number of nitrogens with one attached hydrogen (secondary N) is 1. The molecule has 152 valence electrons. The summed E-state index contributed by atoms with van der Waals surface area (Å²) in [6.45, 7) is 4.45. The molecule has 2 aromatic rings. The molecule has 4 rings (SSSR count). The number of halogens is 1. The van der Waals surface area contributed by atoms with Crippen LogP contribution >= 0.6 is 0 Å². The Labute approximate surface area is 169 Å². The van der Waals surface area contributed by atoms with Crippen molar-refractivity contribution in [3.63, 3.8) is 0 Å². The van der Waals surface area contributed by atoms with Crippen LogP contribution in [0.5, 0.6) is 0 Å². The van der Waals surface area contributed by atoms with Crippen LogP contribution in [0.2, 0.25) is 0 Å². The zero-order valence-corrected chi connectivity index (χ0v) is 17.1. The fourth-order valence-corrected chi connectivity index (χ4v) is 5.18. The monoisotopic (exact) mass is 415 g/mol. The van der Waals surface area contributed by atoms with E-state index in [9.17, 15) is 17.6 Å². The molecule has 2 heterocycles. The minimum Gasteiger partial charge on any atom is -0.326 e. The van der Waals surface area contributed by atoms with Crippen molar-refractivity contribution < 1.29 is 17.6 Å². The first-order valence-corrected chi connectivity index (χ1v) is 10.9. The largest absolute Gasteiger partial charge is 0.326 e. The Morgan fingerprint density at radius 3 is 2.31 bits per heavy atom. The van der Waals surface area contributed by atoms with Crippen molar-refractivity contribution in [2.45, 2.75) is 37.2 Å². The number of carbonyl (C=O) groups excluding carboxylic acids is 1. The van der Waals surface area contributed by atoms with Gasteiger partial charge in [0.1, 0.15) is 17.2 Å². The van der Waals surface area contributed by atoms with Gasteiger partial charge in [0.05, 0.1) is 4.90 Å². The molecule has 0 atom stereocenters. The Hall–Kier alpha value is -2.58. The molecule has 0 saturated carbocycles. The summed E-state index contributed by atoms with van der Waals surface area (Å²) in [6.07, 6.45) is 0.765. The van der Waals surface area contributed by atoms with Crippen LogP contribution in [0.4, 0.5) is 4.39 Å². The van der Waals surface area contributed by atoms with E-state index < -0.39 is 21.5 Å². The van der Waals surface area contributed by atoms with Gasteiger partial charge in [0, 0.05) is 31.5 Å². The van der Waals surface area contributed by atoms with Crippen molar-refractivity contribution >= 4 is 21.6 Å². The van der Waals surface area contributed by atoms with Gasteiger partial charge < -0.3 is 5.32 Å². The average molecular weight is 415 g/mol. The lowest BCUT2D eigenvalue weighted by molar-refractivity contribution is -0.115. The van der Waals surface area contributed by atoms with Gasteiger partial charge in [-0.2, -0.15) is 4.31 Å². The third kappa shape index (κ3) is 3.58. The van der Waals surface area contributed by atoms with E-state index in [1.807, 2.05) is 32.0 Å². The smallest absolute Gasteiger partial charge is 0.272 e. The molecule has 0 bridgehead atoms. The van der Waals surface area contributed by atoms with Crippen molar-refractivity contribution in [2.75, 3.05) is 13.1 Å². The van der Waals surface area contributed by atoms with Crippen molar-refractivity contribution in [3.05, 3.63) is 65.0 Å². The molecule has 1 spiro atoms. The molecule has 0 aromatic heterocycles. The van der Waals surface area contributed by atoms with Gasteiger partial charge in [-0.25, -0.2) is 12.8 Å². The Morgan fingerprint density at radius 2 is 1.69 bits per heavy atom. The lowest BCUT2D eigenvalue weighted by atomic mass is 10.00. The quantitative estimate of drug-likeness (QED) is 0.837. The molecule has 2 aliphatic rings. The van der Waals surface area contributed by atoms with Gasteiger partial charge in [0.15, 0.2) is 0 Å². The Balaban J connectivity index is 1.54. The molecular formula is C21H22FN3O3S. The van der Waals surface area contributed by atoms with E-state index in [0.717, 1.165) is 28.8 Å². The first kappa shape index (κ1) is 19.7. The van der Waals surface area contributed by atoms with E-state index in [0.29, 0.717) is 18.6 Å². The fourth-order valence-electron chi connectivity index (χ4n) is 3.74. The van der Waals surface area contributed by atoms with E-state index in [2.05, 4.69) is 10.3 Å². The number of aliphatic imine (C=N–C) groups is 1. The topological polar surface area (TPSA) is 78.8 Å². The minimum atomic E-state index is -3.71. The Kier molecular flexibility index (Phi) is 4.78. The maximum absolute atomic E-state index is 13.1. The number of amides is 1. The molecule has 2 aliphatic heterocycles. The molecule has 1 saturated heterocycles. The summed E-state index contributed by atoms with van der Waals surface area (Å²) in [5, 5.41) is 2.96. The van der Waals surface area contributed by atoms with Crippen LogP contribution in [0.1, 0.15) is 29.5 Å². The standard InChI is InChI=1S/C21H22FN3O3S/c1-14-3-4-16(13-15(14)2)19-20(26)24-21(23-19)9-11-25(12-10-21)29(27,28)18-7-5-17(22)6-8-18/h3-8,13H,9-12H2,1-2H3,(H,24,26). The number of rotatable bonds is 3. The van der Waals surface area contributed by atoms with Crippen LogP contribution in [0, 0.1) is 19.7 Å². The lowest BCUT2D eigenvalue weighted by Gasteiger charge is -2.36. The van der Waals surface area contributed by atoms with Crippen LogP contribution in [0.25, 0.3) is 0 Å². The number of sulfonamides is 1. The fraction of sp³-hybridized carbons (Fsp3) is 0.333. The Morgan fingerprint density at radius 1 is 1.03 bits per heavy atom. The molecule has 1 amide bonds. The van der Waals surface area contributed by atoms with Gasteiger partial charge in [-0.05, 0) is 55.3 Å². The average Bonchev–Trinajstić information content (AvgIpc) is 3.00. The first-order valence-electron chi connectivity index (χ1n) is 9.46. The molecule has 0 unspecified atom stereocenters. The molecule has 0 aliphatic carbocycles. The number of hydrogen-bond donors (Lipinski definition) is 1. The normalized spacial score (nSPS) is 19.3. The van der Waals surface area contributed by atoms with Crippen LogP contribution in [-0.2, 0) is 14.8 Å². The molecule has 6 nitrogen and oxygen atoms in total. The number of carbonyl (C=O) groups is 1. The van der Waals surface area contributed by atoms with Gasteiger partial charge in [0.2, 0.25) is 10.0 Å². The first-order chi connectivity index (χ1) is 13.7. The second-order valence-electron chi connectivity index (χ2n) is 7.60. The van der Waals surface area contributed by atoms with Crippen molar-refractivity contribution in [3.8, 4) is 0 Å². The van der Waals surface area contributed by atoms with E-state index in [-0.39, 0.29) is 23.9 Å². The van der Waals surface area contributed by atoms with Crippen LogP contribution in [0.15, 0.2) is 52.4 Å². The van der Waals surface area contributed by atoms with E-state index >= 15 is 0 Å². The summed E-state index contributed by atoms with van der Waals surface area (Å²) in [5.41, 5.74) is 2.60. The highest BCUT2D eigenvalue weighted by Gasteiger charge is 2.44. The molecule has 1 fully saturated rings. The predicted molar refractivity (Wildman–Crippen MR) is 108 cm³/mol. The minimum absolute atomic E-state index is 0.0598. The molecule has 8 heteroatoms. The maximum Gasteiger partial charge on any atom is 0.272 e. The highest BCUT2D eigenvalue weighted by molar-refractivity contribution is 7.89. The molecular weight excluding hydrogens is 393 g/mol. The third-order valence-corrected chi connectivity index (χ3v) is 7.58. The van der Waals surface area contributed by atoms with E-state index in [1.165, 1.54) is 16.4 Å². The molecule has 0 radical (unpaired) electrons. The summed E-state index contributed by atoms with van der Waals surface area (Å²) in [7, 11) is -3.71. The van der Waals surface area contributed by atoms with Crippen molar-refractivity contribution in [1.82, 2.24) is 9.62 Å². The molecule has 1 N–H and O–H groups in total. The van der Waals surface area contributed by atoms with Gasteiger partial charge >= 0.3 is 0 Å². The van der Waals surface area contributed by atoms with Crippen LogP contribution in [-0.4, -0.2) is 43.1 Å². The zero-order chi connectivity index (χ0) is 20.8. The number of piperidine rings is 1. The molecule has 29 heavy (non-hydrogen) atoms. The maximum atomic E-state index is 13.1. The van der Waals surface area contributed by atoms with Crippen molar-refractivity contribution in [1.29, 1.82) is 0 Å². The van der Waals surface area contributed by atoms with Gasteiger partial charge in [0.25, 0.3) is 5.91 Å². The van der Waals surface area contributed by atoms with Gasteiger partial charge in [-0.3, -0.25) is 9.79 Å². The highest BCUT2D eigenvalue weighted by atomic mass is 32.2. The summed E-state index contributed by atoms with van der Waals surface area (Å²) < 4.78 is 40.1. The molecule has 2 aromatic carbocycles. The number of aryl methyl sites for hydroxylation is 2. The summed E-state index contributed by atoms with van der Waals surface area (Å²) in [4.78, 5) is 17.3. The van der Waals surface area contributed by atoms with Crippen LogP contribution < -0.4 is 5.32 Å². The van der Waals surface area contributed by atoms with Crippen molar-refractivity contribution in [2.24, 2.45) is 4.99 Å². The second kappa shape index (κ2) is 7.03. The summed E-state index contributed by atoms with van der Waals surface area (Å²) in [6, 6.07) is 10.6. The second-order valence-corrected chi connectivity index (χ2v) is 9.54. The van der Waals surface area contributed by atoms with Crippen LogP contribution in [0.3, 0.4) is 0 Å². The van der Waals surface area contributed by atoms with E-state index in [1.54, 1.807) is 0 Å². The van der Waals surface area contributed by atoms with Gasteiger partial charge in [-0.1, -0.05) is 12.1 Å². The highest BCUT2D eigenvalue weighted by Crippen LogP contribution is 2.31. The SMILES string of the molecule is Cc1ccc(C2=NC3(CCN(S(=O)(=O)c4ccc(F)cc4)CC3)NC2=O)cc1C. The lowest BCUT2D eigenvalue weighted by Crippen LogP contribution is -2.52. The predicted octanol–water partition coefficient (Wildman–Crippen LogP) is 2.54. The third-order valence-electron chi connectivity index (χ3n) is 5.67. The summed E-state index contributed by atoms with van der Waals surface area (Å²) in [5.74, 6) is -0.716. The van der Waals surface area contributed by atoms with E-state index in [4.69, 9.17) is 0 Å². The number of hydrogen-bond acceptors (Lipinski definition) is 4. The number of benzene rings is 2. The summed E-state index contributed by atoms with van der Waals surface area (Å²) >= 11 is 0. The Bertz CT molecular complexity index is 1100. The van der Waals surface area contributed by atoms with Gasteiger partial charge in [-0.15, -0.1) is 0 Å². The number of nitrogens with zero attached hydrogens (tertiary/aromatic N) is 2.